The molecule has 27 heavy (non-hydrogen) atoms. The van der Waals surface area contributed by atoms with Crippen molar-refractivity contribution >= 4 is 11.8 Å². The second-order valence-electron chi connectivity index (χ2n) is 6.89. The van der Waals surface area contributed by atoms with E-state index in [1.165, 1.54) is 12.8 Å². The quantitative estimate of drug-likeness (QED) is 0.854. The van der Waals surface area contributed by atoms with E-state index in [2.05, 4.69) is 25.3 Å². The number of hydrogen-bond donors (Lipinski definition) is 1. The first-order valence-corrected chi connectivity index (χ1v) is 9.37. The zero-order chi connectivity index (χ0) is 18.6. The van der Waals surface area contributed by atoms with Gasteiger partial charge in [0.05, 0.1) is 13.1 Å². The van der Waals surface area contributed by atoms with Gasteiger partial charge < -0.3 is 24.4 Å². The molecular formula is C18H24N6O3. The number of rotatable bonds is 5. The number of anilines is 1. The highest BCUT2D eigenvalue weighted by Crippen LogP contribution is 2.30. The first kappa shape index (κ1) is 17.6. The SMILES string of the molecule is Cc1noc(CNC(=O)N2CC[C@H](Oc3cccnc3N3CCCC3)C2)n1. The van der Waals surface area contributed by atoms with Crippen LogP contribution in [0.15, 0.2) is 22.9 Å². The molecule has 0 radical (unpaired) electrons. The number of amides is 2. The number of nitrogens with one attached hydrogen (secondary N) is 1. The van der Waals surface area contributed by atoms with Crippen molar-refractivity contribution in [1.29, 1.82) is 0 Å². The van der Waals surface area contributed by atoms with E-state index in [9.17, 15) is 4.79 Å². The van der Waals surface area contributed by atoms with Gasteiger partial charge in [-0.2, -0.15) is 4.98 Å². The number of carbonyl (C=O) groups excluding carboxylic acids is 1. The summed E-state index contributed by atoms with van der Waals surface area (Å²) in [7, 11) is 0. The van der Waals surface area contributed by atoms with E-state index in [4.69, 9.17) is 9.26 Å². The van der Waals surface area contributed by atoms with Crippen molar-refractivity contribution < 1.29 is 14.1 Å². The Balaban J connectivity index is 1.31. The van der Waals surface area contributed by atoms with Gasteiger partial charge in [0.2, 0.25) is 5.89 Å². The molecule has 0 aromatic carbocycles. The first-order chi connectivity index (χ1) is 13.2. The number of hydrogen-bond acceptors (Lipinski definition) is 7. The minimum atomic E-state index is -0.150. The molecule has 2 aromatic rings. The number of nitrogens with zero attached hydrogens (tertiary/aromatic N) is 5. The lowest BCUT2D eigenvalue weighted by molar-refractivity contribution is 0.185. The van der Waals surface area contributed by atoms with Crippen LogP contribution in [0.2, 0.25) is 0 Å². The standard InChI is InChI=1S/C18H24N6O3/c1-13-21-16(27-22-13)11-20-18(25)24-10-6-14(12-24)26-15-5-4-7-19-17(15)23-8-2-3-9-23/h4-5,7,14H,2-3,6,8-12H2,1H3,(H,20,25)/t14-/m0/s1. The van der Waals surface area contributed by atoms with Crippen molar-refractivity contribution in [1.82, 2.24) is 25.3 Å². The molecule has 0 spiro atoms. The van der Waals surface area contributed by atoms with Gasteiger partial charge in [-0.25, -0.2) is 9.78 Å². The molecule has 1 N–H and O–H groups in total. The van der Waals surface area contributed by atoms with Gasteiger partial charge in [0, 0.05) is 32.3 Å². The second kappa shape index (κ2) is 7.81. The Morgan fingerprint density at radius 2 is 2.22 bits per heavy atom. The number of ether oxygens (including phenoxy) is 1. The van der Waals surface area contributed by atoms with Crippen LogP contribution in [0.3, 0.4) is 0 Å². The number of carbonyl (C=O) groups is 1. The summed E-state index contributed by atoms with van der Waals surface area (Å²) < 4.78 is 11.2. The predicted molar refractivity (Wildman–Crippen MR) is 97.6 cm³/mol. The molecule has 0 aliphatic carbocycles. The fourth-order valence-corrected chi connectivity index (χ4v) is 3.50. The lowest BCUT2D eigenvalue weighted by atomic mass is 10.3. The molecule has 2 aliphatic rings. The molecule has 9 heteroatoms. The summed E-state index contributed by atoms with van der Waals surface area (Å²) in [5, 5.41) is 6.52. The van der Waals surface area contributed by atoms with Crippen LogP contribution in [0.5, 0.6) is 5.75 Å². The molecule has 1 atom stereocenters. The summed E-state index contributed by atoms with van der Waals surface area (Å²) in [5.41, 5.74) is 0. The van der Waals surface area contributed by atoms with Gasteiger partial charge in [-0.15, -0.1) is 0 Å². The van der Waals surface area contributed by atoms with E-state index >= 15 is 0 Å². The van der Waals surface area contributed by atoms with Crippen LogP contribution in [0.1, 0.15) is 31.0 Å². The number of aryl methyl sites for hydroxylation is 1. The zero-order valence-corrected chi connectivity index (χ0v) is 15.4. The van der Waals surface area contributed by atoms with Crippen molar-refractivity contribution in [3.63, 3.8) is 0 Å². The maximum Gasteiger partial charge on any atom is 0.317 e. The van der Waals surface area contributed by atoms with Crippen molar-refractivity contribution in [2.75, 3.05) is 31.1 Å². The topological polar surface area (TPSA) is 96.6 Å². The molecule has 9 nitrogen and oxygen atoms in total. The summed E-state index contributed by atoms with van der Waals surface area (Å²) >= 11 is 0. The molecule has 0 unspecified atom stereocenters. The van der Waals surface area contributed by atoms with Crippen molar-refractivity contribution in [2.24, 2.45) is 0 Å². The Kier molecular flexibility index (Phi) is 5.08. The number of urea groups is 1. The normalized spacial score (nSPS) is 19.5. The van der Waals surface area contributed by atoms with Crippen LogP contribution in [-0.4, -0.2) is 58.3 Å². The molecule has 0 bridgehead atoms. The monoisotopic (exact) mass is 372 g/mol. The van der Waals surface area contributed by atoms with Crippen molar-refractivity contribution in [3.05, 3.63) is 30.0 Å². The maximum atomic E-state index is 12.3. The summed E-state index contributed by atoms with van der Waals surface area (Å²) in [4.78, 5) is 24.9. The molecule has 2 aromatic heterocycles. The largest absolute Gasteiger partial charge is 0.485 e. The van der Waals surface area contributed by atoms with E-state index in [-0.39, 0.29) is 18.7 Å². The van der Waals surface area contributed by atoms with Gasteiger partial charge >= 0.3 is 6.03 Å². The van der Waals surface area contributed by atoms with Crippen molar-refractivity contribution in [2.45, 2.75) is 38.8 Å². The summed E-state index contributed by atoms with van der Waals surface area (Å²) in [5.74, 6) is 2.66. The zero-order valence-electron chi connectivity index (χ0n) is 15.4. The smallest absolute Gasteiger partial charge is 0.317 e. The van der Waals surface area contributed by atoms with Gasteiger partial charge in [-0.05, 0) is 31.9 Å². The van der Waals surface area contributed by atoms with Crippen LogP contribution in [-0.2, 0) is 6.54 Å². The predicted octanol–water partition coefficient (Wildman–Crippen LogP) is 1.74. The lowest BCUT2D eigenvalue weighted by Gasteiger charge is -2.22. The van der Waals surface area contributed by atoms with Gasteiger partial charge in [-0.1, -0.05) is 5.16 Å². The molecule has 0 saturated carbocycles. The second-order valence-corrected chi connectivity index (χ2v) is 6.89. The molecule has 2 amide bonds. The average Bonchev–Trinajstić information content (AvgIpc) is 3.42. The fourth-order valence-electron chi connectivity index (χ4n) is 3.50. The lowest BCUT2D eigenvalue weighted by Crippen LogP contribution is -2.39. The maximum absolute atomic E-state index is 12.3. The van der Waals surface area contributed by atoms with Crippen molar-refractivity contribution in [3.8, 4) is 5.75 Å². The molecule has 4 rings (SSSR count). The average molecular weight is 372 g/mol. The van der Waals surface area contributed by atoms with E-state index in [0.717, 1.165) is 31.1 Å². The Morgan fingerprint density at radius 1 is 1.37 bits per heavy atom. The Morgan fingerprint density at radius 3 is 3.00 bits per heavy atom. The number of likely N-dealkylation sites (tertiary alicyclic amines) is 1. The highest BCUT2D eigenvalue weighted by atomic mass is 16.5. The van der Waals surface area contributed by atoms with Gasteiger partial charge in [-0.3, -0.25) is 0 Å². The molecule has 144 valence electrons. The highest BCUT2D eigenvalue weighted by molar-refractivity contribution is 5.74. The van der Waals surface area contributed by atoms with Gasteiger partial charge in [0.1, 0.15) is 6.10 Å². The Bertz CT molecular complexity index is 789. The minimum absolute atomic E-state index is 0.0352. The van der Waals surface area contributed by atoms with E-state index in [1.54, 1.807) is 18.0 Å². The Labute approximate surface area is 157 Å². The van der Waals surface area contributed by atoms with E-state index < -0.39 is 0 Å². The Hall–Kier alpha value is -2.84. The summed E-state index contributed by atoms with van der Waals surface area (Å²) in [6, 6.07) is 3.70. The number of pyridine rings is 1. The van der Waals surface area contributed by atoms with Crippen LogP contribution in [0.4, 0.5) is 10.6 Å². The fraction of sp³-hybridized carbons (Fsp3) is 0.556. The van der Waals surface area contributed by atoms with Crippen LogP contribution in [0.25, 0.3) is 0 Å². The van der Waals surface area contributed by atoms with Crippen LogP contribution >= 0.6 is 0 Å². The van der Waals surface area contributed by atoms with Gasteiger partial charge in [0.25, 0.3) is 0 Å². The van der Waals surface area contributed by atoms with E-state index in [0.29, 0.717) is 24.8 Å². The number of aromatic nitrogens is 3. The molecular weight excluding hydrogens is 348 g/mol. The minimum Gasteiger partial charge on any atom is -0.485 e. The third-order valence-electron chi connectivity index (χ3n) is 4.84. The molecule has 4 heterocycles. The van der Waals surface area contributed by atoms with Gasteiger partial charge in [0.15, 0.2) is 17.4 Å². The first-order valence-electron chi connectivity index (χ1n) is 9.37. The highest BCUT2D eigenvalue weighted by Gasteiger charge is 2.29. The molecule has 2 saturated heterocycles. The molecule has 2 fully saturated rings. The van der Waals surface area contributed by atoms with E-state index in [1.807, 2.05) is 12.1 Å². The summed E-state index contributed by atoms with van der Waals surface area (Å²) in [6.07, 6.45) is 4.93. The third kappa shape index (κ3) is 4.12. The van der Waals surface area contributed by atoms with Crippen LogP contribution in [0, 0.1) is 6.92 Å². The third-order valence-corrected chi connectivity index (χ3v) is 4.84. The van der Waals surface area contributed by atoms with Crippen LogP contribution < -0.4 is 15.0 Å². The summed E-state index contributed by atoms with van der Waals surface area (Å²) in [6.45, 7) is 5.20. The molecule has 2 aliphatic heterocycles.